The molecule has 0 spiro atoms. The average Bonchev–Trinajstić information content (AvgIpc) is 2.46. The van der Waals surface area contributed by atoms with Crippen LogP contribution in [-0.2, 0) is 6.54 Å². The van der Waals surface area contributed by atoms with Crippen LogP contribution in [0.3, 0.4) is 0 Å². The van der Waals surface area contributed by atoms with Gasteiger partial charge in [0.1, 0.15) is 10.8 Å². The molecule has 0 aliphatic carbocycles. The van der Waals surface area contributed by atoms with Crippen LogP contribution < -0.4 is 10.1 Å². The highest BCUT2D eigenvalue weighted by atomic mass is 35.5. The third-order valence-corrected chi connectivity index (χ3v) is 3.35. The van der Waals surface area contributed by atoms with E-state index in [0.29, 0.717) is 28.2 Å². The van der Waals surface area contributed by atoms with Crippen molar-refractivity contribution in [2.75, 3.05) is 6.54 Å². The molecule has 106 valence electrons. The van der Waals surface area contributed by atoms with Crippen LogP contribution >= 0.6 is 23.2 Å². The second kappa shape index (κ2) is 7.43. The molecule has 4 nitrogen and oxygen atoms in total. The molecule has 2 aromatic rings. The third-order valence-electron chi connectivity index (χ3n) is 2.55. The van der Waals surface area contributed by atoms with Crippen molar-refractivity contribution in [3.8, 4) is 11.6 Å². The molecule has 1 aromatic heterocycles. The number of aromatic nitrogens is 2. The fourth-order valence-electron chi connectivity index (χ4n) is 1.56. The molecule has 0 atom stereocenters. The van der Waals surface area contributed by atoms with Crippen molar-refractivity contribution in [2.45, 2.75) is 19.9 Å². The largest absolute Gasteiger partial charge is 0.436 e. The second-order valence-electron chi connectivity index (χ2n) is 4.18. The van der Waals surface area contributed by atoms with Crippen LogP contribution in [0.15, 0.2) is 30.6 Å². The van der Waals surface area contributed by atoms with Gasteiger partial charge in [-0.05, 0) is 25.1 Å². The fraction of sp³-hybridized carbons (Fsp3) is 0.286. The third kappa shape index (κ3) is 4.07. The number of rotatable bonds is 6. The lowest BCUT2D eigenvalue weighted by molar-refractivity contribution is 0.459. The Kier molecular flexibility index (Phi) is 5.59. The van der Waals surface area contributed by atoms with E-state index in [1.54, 1.807) is 30.6 Å². The van der Waals surface area contributed by atoms with Crippen LogP contribution in [-0.4, -0.2) is 16.5 Å². The number of nitrogens with one attached hydrogen (secondary N) is 1. The highest BCUT2D eigenvalue weighted by molar-refractivity contribution is 6.42. The molecule has 0 aliphatic heterocycles. The van der Waals surface area contributed by atoms with Crippen LogP contribution in [0, 0.1) is 0 Å². The van der Waals surface area contributed by atoms with E-state index in [1.807, 2.05) is 0 Å². The van der Waals surface area contributed by atoms with Gasteiger partial charge in [0.15, 0.2) is 0 Å². The number of halogens is 2. The Labute approximate surface area is 128 Å². The maximum atomic E-state index is 6.04. The molecular weight excluding hydrogens is 297 g/mol. The number of benzene rings is 1. The van der Waals surface area contributed by atoms with Crippen molar-refractivity contribution in [3.05, 3.63) is 46.3 Å². The molecule has 0 aliphatic rings. The molecular formula is C14H15Cl2N3O. The van der Waals surface area contributed by atoms with Gasteiger partial charge in [-0.3, -0.25) is 4.98 Å². The van der Waals surface area contributed by atoms with Gasteiger partial charge in [-0.2, -0.15) is 0 Å². The van der Waals surface area contributed by atoms with E-state index in [2.05, 4.69) is 22.2 Å². The summed E-state index contributed by atoms with van der Waals surface area (Å²) in [6.45, 7) is 3.77. The second-order valence-corrected chi connectivity index (χ2v) is 4.96. The van der Waals surface area contributed by atoms with E-state index in [-0.39, 0.29) is 0 Å². The molecule has 0 saturated heterocycles. The summed E-state index contributed by atoms with van der Waals surface area (Å²) in [5.74, 6) is 0.846. The van der Waals surface area contributed by atoms with E-state index in [9.17, 15) is 0 Å². The normalized spacial score (nSPS) is 10.6. The topological polar surface area (TPSA) is 47.0 Å². The van der Waals surface area contributed by atoms with Crippen molar-refractivity contribution in [3.63, 3.8) is 0 Å². The maximum Gasteiger partial charge on any atom is 0.237 e. The average molecular weight is 312 g/mol. The quantitative estimate of drug-likeness (QED) is 0.817. The summed E-state index contributed by atoms with van der Waals surface area (Å²) in [5.41, 5.74) is 0.864. The predicted molar refractivity (Wildman–Crippen MR) is 80.6 cm³/mol. The predicted octanol–water partition coefficient (Wildman–Crippen LogP) is 4.08. The summed E-state index contributed by atoms with van der Waals surface area (Å²) in [6.07, 6.45) is 4.33. The Bertz CT molecular complexity index is 561. The highest BCUT2D eigenvalue weighted by Gasteiger charge is 2.07. The summed E-state index contributed by atoms with van der Waals surface area (Å²) >= 11 is 12.0. The van der Waals surface area contributed by atoms with Crippen LogP contribution in [0.25, 0.3) is 0 Å². The molecule has 0 amide bonds. The van der Waals surface area contributed by atoms with Gasteiger partial charge in [0.25, 0.3) is 0 Å². The van der Waals surface area contributed by atoms with E-state index < -0.39 is 0 Å². The molecule has 0 radical (unpaired) electrons. The SMILES string of the molecule is CCCNCc1cnc(Oc2cccc(Cl)c2Cl)cn1. The zero-order valence-corrected chi connectivity index (χ0v) is 12.6. The van der Waals surface area contributed by atoms with E-state index in [0.717, 1.165) is 18.7 Å². The Morgan fingerprint density at radius 3 is 2.75 bits per heavy atom. The van der Waals surface area contributed by atoms with Gasteiger partial charge in [-0.1, -0.05) is 36.2 Å². The summed E-state index contributed by atoms with van der Waals surface area (Å²) in [5, 5.41) is 4.06. The first-order chi connectivity index (χ1) is 9.70. The Balaban J connectivity index is 2.01. The maximum absolute atomic E-state index is 6.04. The van der Waals surface area contributed by atoms with Gasteiger partial charge in [0, 0.05) is 6.54 Å². The first kappa shape index (κ1) is 15.0. The molecule has 20 heavy (non-hydrogen) atoms. The van der Waals surface area contributed by atoms with Gasteiger partial charge >= 0.3 is 0 Å². The van der Waals surface area contributed by atoms with Crippen molar-refractivity contribution in [1.29, 1.82) is 0 Å². The lowest BCUT2D eigenvalue weighted by Gasteiger charge is -2.08. The van der Waals surface area contributed by atoms with Gasteiger partial charge in [-0.15, -0.1) is 0 Å². The van der Waals surface area contributed by atoms with Crippen LogP contribution in [0.2, 0.25) is 10.0 Å². The summed E-state index contributed by atoms with van der Waals surface area (Å²) < 4.78 is 5.56. The van der Waals surface area contributed by atoms with Gasteiger partial charge < -0.3 is 10.1 Å². The Morgan fingerprint density at radius 2 is 2.05 bits per heavy atom. The minimum atomic E-state index is 0.365. The molecule has 0 bridgehead atoms. The molecule has 0 saturated carbocycles. The molecule has 6 heteroatoms. The molecule has 2 rings (SSSR count). The zero-order valence-electron chi connectivity index (χ0n) is 11.1. The number of hydrogen-bond donors (Lipinski definition) is 1. The smallest absolute Gasteiger partial charge is 0.237 e. The summed E-state index contributed by atoms with van der Waals surface area (Å²) in [4.78, 5) is 8.47. The van der Waals surface area contributed by atoms with Crippen molar-refractivity contribution >= 4 is 23.2 Å². The molecule has 1 N–H and O–H groups in total. The van der Waals surface area contributed by atoms with E-state index in [1.165, 1.54) is 0 Å². The molecule has 0 unspecified atom stereocenters. The van der Waals surface area contributed by atoms with E-state index >= 15 is 0 Å². The van der Waals surface area contributed by atoms with Crippen LogP contribution in [0.1, 0.15) is 19.0 Å². The number of hydrogen-bond acceptors (Lipinski definition) is 4. The molecule has 1 aromatic carbocycles. The lowest BCUT2D eigenvalue weighted by Crippen LogP contribution is -2.14. The van der Waals surface area contributed by atoms with E-state index in [4.69, 9.17) is 27.9 Å². The van der Waals surface area contributed by atoms with Crippen LogP contribution in [0.5, 0.6) is 11.6 Å². The van der Waals surface area contributed by atoms with Crippen molar-refractivity contribution < 1.29 is 4.74 Å². The first-order valence-corrected chi connectivity index (χ1v) is 7.09. The van der Waals surface area contributed by atoms with Crippen molar-refractivity contribution in [2.24, 2.45) is 0 Å². The molecule has 1 heterocycles. The van der Waals surface area contributed by atoms with Gasteiger partial charge in [0.2, 0.25) is 5.88 Å². The monoisotopic (exact) mass is 311 g/mol. The first-order valence-electron chi connectivity index (χ1n) is 6.34. The number of ether oxygens (including phenoxy) is 1. The zero-order chi connectivity index (χ0) is 14.4. The van der Waals surface area contributed by atoms with Gasteiger partial charge in [-0.25, -0.2) is 4.98 Å². The summed E-state index contributed by atoms with van der Waals surface area (Å²) in [6, 6.07) is 5.19. The Morgan fingerprint density at radius 1 is 1.20 bits per heavy atom. The number of nitrogens with zero attached hydrogens (tertiary/aromatic N) is 2. The van der Waals surface area contributed by atoms with Crippen LogP contribution in [0.4, 0.5) is 0 Å². The fourth-order valence-corrected chi connectivity index (χ4v) is 1.89. The van der Waals surface area contributed by atoms with Crippen molar-refractivity contribution in [1.82, 2.24) is 15.3 Å². The molecule has 0 fully saturated rings. The standard InChI is InChI=1S/C14H15Cl2N3O/c1-2-6-17-7-10-8-19-13(9-18-10)20-12-5-3-4-11(15)14(12)16/h3-5,8-9,17H,2,6-7H2,1H3. The summed E-state index contributed by atoms with van der Waals surface area (Å²) in [7, 11) is 0. The van der Waals surface area contributed by atoms with Gasteiger partial charge in [0.05, 0.1) is 23.1 Å². The highest BCUT2D eigenvalue weighted by Crippen LogP contribution is 2.33. The minimum Gasteiger partial charge on any atom is -0.436 e. The Hall–Kier alpha value is -1.36. The lowest BCUT2D eigenvalue weighted by atomic mass is 10.3. The minimum absolute atomic E-state index is 0.365.